The first-order chi connectivity index (χ1) is 12.4. The van der Waals surface area contributed by atoms with E-state index in [1.54, 1.807) is 6.08 Å². The maximum absolute atomic E-state index is 3.64. The Labute approximate surface area is 158 Å². The molecule has 0 saturated heterocycles. The van der Waals surface area contributed by atoms with E-state index in [1.165, 1.54) is 89.9 Å². The zero-order valence-electron chi connectivity index (χ0n) is 16.8. The molecule has 0 spiro atoms. The Balaban J connectivity index is 3.22. The van der Waals surface area contributed by atoms with Crippen LogP contribution in [0.5, 0.6) is 0 Å². The van der Waals surface area contributed by atoms with Gasteiger partial charge in [0.2, 0.25) is 0 Å². The molecule has 0 aromatic rings. The van der Waals surface area contributed by atoms with E-state index in [9.17, 15) is 0 Å². The van der Waals surface area contributed by atoms with Gasteiger partial charge in [0.05, 0.1) is 0 Å². The molecule has 0 aromatic carbocycles. The van der Waals surface area contributed by atoms with Crippen LogP contribution in [0.15, 0.2) is 61.3 Å². The van der Waals surface area contributed by atoms with Gasteiger partial charge >= 0.3 is 0 Å². The summed E-state index contributed by atoms with van der Waals surface area (Å²) in [5.74, 6) is 0. The van der Waals surface area contributed by atoms with Crippen molar-refractivity contribution in [1.29, 1.82) is 0 Å². The molecule has 0 radical (unpaired) electrons. The van der Waals surface area contributed by atoms with Crippen LogP contribution in [0.25, 0.3) is 0 Å². The Morgan fingerprint density at radius 3 is 1.48 bits per heavy atom. The van der Waals surface area contributed by atoms with Crippen molar-refractivity contribution in [3.05, 3.63) is 61.3 Å². The van der Waals surface area contributed by atoms with Crippen molar-refractivity contribution in [2.75, 3.05) is 0 Å². The molecule has 0 amide bonds. The summed E-state index contributed by atoms with van der Waals surface area (Å²) in [6.07, 6.45) is 38.1. The molecule has 0 fully saturated rings. The first kappa shape index (κ1) is 23.7. The van der Waals surface area contributed by atoms with Crippen LogP contribution in [-0.4, -0.2) is 0 Å². The summed E-state index contributed by atoms with van der Waals surface area (Å²) in [6.45, 7) is 5.92. The van der Waals surface area contributed by atoms with E-state index < -0.39 is 0 Å². The molecule has 142 valence electrons. The van der Waals surface area contributed by atoms with Crippen LogP contribution in [0.3, 0.4) is 0 Å². The third kappa shape index (κ3) is 22.7. The molecule has 0 aliphatic rings. The van der Waals surface area contributed by atoms with E-state index >= 15 is 0 Å². The second kappa shape index (κ2) is 22.7. The molecule has 0 bridgehead atoms. The highest BCUT2D eigenvalue weighted by Gasteiger charge is 1.90. The number of allylic oxidation sites excluding steroid dienone is 9. The first-order valence-electron chi connectivity index (χ1n) is 10.7. The zero-order chi connectivity index (χ0) is 18.3. The van der Waals surface area contributed by atoms with Gasteiger partial charge in [-0.3, -0.25) is 0 Å². The van der Waals surface area contributed by atoms with E-state index in [-0.39, 0.29) is 0 Å². The minimum Gasteiger partial charge on any atom is -0.0991 e. The minimum absolute atomic E-state index is 1.20. The Morgan fingerprint density at radius 1 is 0.480 bits per heavy atom. The van der Waals surface area contributed by atoms with Crippen molar-refractivity contribution >= 4 is 0 Å². The molecular formula is C25H42. The number of hydrogen-bond donors (Lipinski definition) is 0. The van der Waals surface area contributed by atoms with Gasteiger partial charge in [0.15, 0.2) is 0 Å². The fourth-order valence-corrected chi connectivity index (χ4v) is 2.78. The summed E-state index contributed by atoms with van der Waals surface area (Å²) in [5, 5.41) is 0. The van der Waals surface area contributed by atoms with Gasteiger partial charge in [-0.1, -0.05) is 120 Å². The molecule has 0 heteroatoms. The van der Waals surface area contributed by atoms with Gasteiger partial charge in [-0.25, -0.2) is 0 Å². The minimum atomic E-state index is 1.20. The summed E-state index contributed by atoms with van der Waals surface area (Å²) in [6, 6.07) is 0. The molecule has 0 aliphatic carbocycles. The lowest BCUT2D eigenvalue weighted by Crippen LogP contribution is -1.79. The second-order valence-electron chi connectivity index (χ2n) is 6.81. The van der Waals surface area contributed by atoms with Crippen molar-refractivity contribution in [1.82, 2.24) is 0 Å². The van der Waals surface area contributed by atoms with Gasteiger partial charge in [-0.05, 0) is 38.5 Å². The lowest BCUT2D eigenvalue weighted by Gasteiger charge is -1.99. The zero-order valence-corrected chi connectivity index (χ0v) is 16.8. The number of rotatable bonds is 18. The molecule has 0 N–H and O–H groups in total. The van der Waals surface area contributed by atoms with Crippen LogP contribution in [0.1, 0.15) is 96.8 Å². The van der Waals surface area contributed by atoms with E-state index in [0.29, 0.717) is 0 Å². The lowest BCUT2D eigenvalue weighted by atomic mass is 10.1. The van der Waals surface area contributed by atoms with E-state index in [2.05, 4.69) is 43.9 Å². The van der Waals surface area contributed by atoms with Crippen LogP contribution in [-0.2, 0) is 0 Å². The smallest absolute Gasteiger partial charge is 0.0348 e. The average Bonchev–Trinajstić information content (AvgIpc) is 2.63. The maximum atomic E-state index is 3.64. The van der Waals surface area contributed by atoms with Crippen molar-refractivity contribution in [3.63, 3.8) is 0 Å². The van der Waals surface area contributed by atoms with Crippen LogP contribution < -0.4 is 0 Å². The van der Waals surface area contributed by atoms with E-state index in [4.69, 9.17) is 0 Å². The largest absolute Gasteiger partial charge is 0.0991 e. The van der Waals surface area contributed by atoms with Gasteiger partial charge in [-0.2, -0.15) is 0 Å². The fraction of sp³-hybridized carbons (Fsp3) is 0.600. The van der Waals surface area contributed by atoms with Crippen molar-refractivity contribution in [3.8, 4) is 0 Å². The predicted octanol–water partition coefficient (Wildman–Crippen LogP) is 8.88. The SMILES string of the molecule is C=CC=CC=CC=CCCCCCCC=CCCCCCCCCC. The van der Waals surface area contributed by atoms with E-state index in [0.717, 1.165) is 0 Å². The van der Waals surface area contributed by atoms with Crippen LogP contribution >= 0.6 is 0 Å². The summed E-state index contributed by atoms with van der Waals surface area (Å²) in [7, 11) is 0. The number of hydrogen-bond acceptors (Lipinski definition) is 0. The monoisotopic (exact) mass is 342 g/mol. The van der Waals surface area contributed by atoms with Gasteiger partial charge in [0.1, 0.15) is 0 Å². The van der Waals surface area contributed by atoms with Gasteiger partial charge in [-0.15, -0.1) is 0 Å². The fourth-order valence-electron chi connectivity index (χ4n) is 2.78. The Kier molecular flexibility index (Phi) is 21.5. The van der Waals surface area contributed by atoms with E-state index in [1.807, 2.05) is 18.2 Å². The molecule has 0 unspecified atom stereocenters. The third-order valence-electron chi connectivity index (χ3n) is 4.35. The predicted molar refractivity (Wildman–Crippen MR) is 117 cm³/mol. The van der Waals surface area contributed by atoms with Gasteiger partial charge < -0.3 is 0 Å². The highest BCUT2D eigenvalue weighted by atomic mass is 14.0. The maximum Gasteiger partial charge on any atom is -0.0348 e. The van der Waals surface area contributed by atoms with Crippen LogP contribution in [0.4, 0.5) is 0 Å². The summed E-state index contributed by atoms with van der Waals surface area (Å²) in [4.78, 5) is 0. The molecule has 0 aliphatic heterocycles. The Morgan fingerprint density at radius 2 is 0.920 bits per heavy atom. The molecule has 25 heavy (non-hydrogen) atoms. The average molecular weight is 343 g/mol. The third-order valence-corrected chi connectivity index (χ3v) is 4.35. The highest BCUT2D eigenvalue weighted by Crippen LogP contribution is 2.10. The lowest BCUT2D eigenvalue weighted by molar-refractivity contribution is 0.591. The second-order valence-corrected chi connectivity index (χ2v) is 6.81. The molecule has 0 heterocycles. The topological polar surface area (TPSA) is 0 Å². The standard InChI is InChI=1S/C25H42/c1-3-5-7-9-11-13-15-17-19-21-23-25-24-22-20-18-16-14-12-10-8-6-4-2/h3,5,7,9,11,13,15,20,22H,1,4,6,8,10,12,14,16-19,21,23-25H2,2H3. The quantitative estimate of drug-likeness (QED) is 0.132. The summed E-state index contributed by atoms with van der Waals surface area (Å²) in [5.41, 5.74) is 0. The molecule has 0 saturated carbocycles. The summed E-state index contributed by atoms with van der Waals surface area (Å²) < 4.78 is 0. The molecule has 0 rings (SSSR count). The van der Waals surface area contributed by atoms with Crippen molar-refractivity contribution in [2.45, 2.75) is 96.8 Å². The van der Waals surface area contributed by atoms with Crippen molar-refractivity contribution in [2.24, 2.45) is 0 Å². The molecule has 0 nitrogen and oxygen atoms in total. The van der Waals surface area contributed by atoms with Crippen LogP contribution in [0.2, 0.25) is 0 Å². The first-order valence-corrected chi connectivity index (χ1v) is 10.7. The van der Waals surface area contributed by atoms with Gasteiger partial charge in [0.25, 0.3) is 0 Å². The Hall–Kier alpha value is -1.30. The Bertz CT molecular complexity index is 367. The molecule has 0 aromatic heterocycles. The summed E-state index contributed by atoms with van der Waals surface area (Å²) >= 11 is 0. The highest BCUT2D eigenvalue weighted by molar-refractivity contribution is 5.14. The van der Waals surface area contributed by atoms with Gasteiger partial charge in [0, 0.05) is 0 Å². The molecular weight excluding hydrogens is 300 g/mol. The normalized spacial score (nSPS) is 12.4. The van der Waals surface area contributed by atoms with Crippen LogP contribution in [0, 0.1) is 0 Å². The number of unbranched alkanes of at least 4 members (excludes halogenated alkanes) is 12. The molecule has 0 atom stereocenters. The van der Waals surface area contributed by atoms with Crippen molar-refractivity contribution < 1.29 is 0 Å².